The molecule has 1 aromatic heterocycles. The maximum absolute atomic E-state index is 6.16. The molecule has 8 heteroatoms. The zero-order valence-electron chi connectivity index (χ0n) is 9.33. The summed E-state index contributed by atoms with van der Waals surface area (Å²) < 4.78 is 1.40. The van der Waals surface area contributed by atoms with Crippen molar-refractivity contribution in [1.82, 2.24) is 9.97 Å². The fraction of sp³-hybridized carbons (Fsp3) is 0.400. The van der Waals surface area contributed by atoms with Gasteiger partial charge in [-0.1, -0.05) is 11.6 Å². The summed E-state index contributed by atoms with van der Waals surface area (Å²) in [4.78, 5) is 10.5. The standard InChI is InChI=1S/C10H10Cl3N5/c11-6-5-18(13)7-8(14-6)15-10(12)16-9(7)17-3-1-2-4-17/h5H,1-4H2,(H,14,15,16). The molecule has 0 amide bonds. The number of nitrogens with zero attached hydrogens (tertiary/aromatic N) is 4. The quantitative estimate of drug-likeness (QED) is 0.490. The molecule has 1 aromatic rings. The molecule has 96 valence electrons. The van der Waals surface area contributed by atoms with Gasteiger partial charge in [-0.3, -0.25) is 4.42 Å². The van der Waals surface area contributed by atoms with Crippen LogP contribution in [0.15, 0.2) is 11.4 Å². The first kappa shape index (κ1) is 12.1. The minimum atomic E-state index is 0.180. The van der Waals surface area contributed by atoms with Crippen molar-refractivity contribution in [2.24, 2.45) is 0 Å². The van der Waals surface area contributed by atoms with E-state index >= 15 is 0 Å². The summed E-state index contributed by atoms with van der Waals surface area (Å²) in [6.07, 6.45) is 3.85. The van der Waals surface area contributed by atoms with E-state index in [0.29, 0.717) is 16.7 Å². The van der Waals surface area contributed by atoms with Crippen molar-refractivity contribution in [2.45, 2.75) is 12.8 Å². The molecule has 0 aromatic carbocycles. The van der Waals surface area contributed by atoms with Crippen molar-refractivity contribution >= 4 is 52.3 Å². The minimum Gasteiger partial charge on any atom is -0.355 e. The van der Waals surface area contributed by atoms with E-state index in [-0.39, 0.29) is 5.28 Å². The van der Waals surface area contributed by atoms with Gasteiger partial charge in [0.05, 0.1) is 6.20 Å². The third-order valence-electron chi connectivity index (χ3n) is 2.92. The van der Waals surface area contributed by atoms with Crippen molar-refractivity contribution in [3.63, 3.8) is 0 Å². The number of anilines is 3. The summed E-state index contributed by atoms with van der Waals surface area (Å²) in [6, 6.07) is 0. The molecule has 3 heterocycles. The summed E-state index contributed by atoms with van der Waals surface area (Å²) in [5, 5.41) is 3.50. The molecule has 1 fully saturated rings. The van der Waals surface area contributed by atoms with Crippen LogP contribution < -0.4 is 14.6 Å². The Labute approximate surface area is 119 Å². The molecule has 18 heavy (non-hydrogen) atoms. The van der Waals surface area contributed by atoms with Crippen LogP contribution in [0.5, 0.6) is 0 Å². The Balaban J connectivity index is 2.10. The molecular formula is C10H10Cl3N5. The smallest absolute Gasteiger partial charge is 0.226 e. The molecule has 2 aliphatic rings. The Bertz CT molecular complexity index is 512. The van der Waals surface area contributed by atoms with Crippen LogP contribution in [0.3, 0.4) is 0 Å². The summed E-state index contributed by atoms with van der Waals surface area (Å²) in [5.74, 6) is 1.27. The van der Waals surface area contributed by atoms with E-state index in [9.17, 15) is 0 Å². The van der Waals surface area contributed by atoms with E-state index in [1.54, 1.807) is 6.20 Å². The van der Waals surface area contributed by atoms with E-state index in [4.69, 9.17) is 35.0 Å². The Hall–Kier alpha value is -0.910. The molecular weight excluding hydrogens is 297 g/mol. The molecule has 0 bridgehead atoms. The Kier molecular flexibility index (Phi) is 3.13. The van der Waals surface area contributed by atoms with Gasteiger partial charge in [0.25, 0.3) is 0 Å². The topological polar surface area (TPSA) is 44.3 Å². The van der Waals surface area contributed by atoms with Gasteiger partial charge in [0.15, 0.2) is 11.6 Å². The summed E-state index contributed by atoms with van der Waals surface area (Å²) >= 11 is 18.0. The molecule has 1 saturated heterocycles. The van der Waals surface area contributed by atoms with Gasteiger partial charge in [0, 0.05) is 24.9 Å². The van der Waals surface area contributed by atoms with E-state index in [1.807, 2.05) is 0 Å². The van der Waals surface area contributed by atoms with E-state index < -0.39 is 0 Å². The molecule has 0 atom stereocenters. The molecule has 0 unspecified atom stereocenters. The lowest BCUT2D eigenvalue weighted by molar-refractivity contribution is 0.925. The number of nitrogens with one attached hydrogen (secondary N) is 1. The highest BCUT2D eigenvalue weighted by Crippen LogP contribution is 2.41. The largest absolute Gasteiger partial charge is 0.355 e. The van der Waals surface area contributed by atoms with Gasteiger partial charge >= 0.3 is 0 Å². The lowest BCUT2D eigenvalue weighted by Crippen LogP contribution is -2.24. The van der Waals surface area contributed by atoms with Crippen LogP contribution in [-0.2, 0) is 0 Å². The zero-order chi connectivity index (χ0) is 12.7. The highest BCUT2D eigenvalue weighted by atomic mass is 35.5. The third kappa shape index (κ3) is 2.06. The monoisotopic (exact) mass is 305 g/mol. The number of hydrogen-bond acceptors (Lipinski definition) is 5. The predicted molar refractivity (Wildman–Crippen MR) is 74.4 cm³/mol. The molecule has 3 rings (SSSR count). The summed E-state index contributed by atoms with van der Waals surface area (Å²) in [5.41, 5.74) is 0.687. The molecule has 1 N–H and O–H groups in total. The lowest BCUT2D eigenvalue weighted by atomic mass is 10.3. The number of rotatable bonds is 1. The molecule has 0 saturated carbocycles. The molecule has 0 spiro atoms. The number of hydrogen-bond donors (Lipinski definition) is 1. The average molecular weight is 307 g/mol. The van der Waals surface area contributed by atoms with Crippen LogP contribution in [0, 0.1) is 0 Å². The van der Waals surface area contributed by atoms with Gasteiger partial charge in [-0.2, -0.15) is 9.97 Å². The highest BCUT2D eigenvalue weighted by molar-refractivity contribution is 6.35. The second kappa shape index (κ2) is 4.64. The van der Waals surface area contributed by atoms with Gasteiger partial charge in [-0.25, -0.2) is 0 Å². The number of aromatic nitrogens is 2. The van der Waals surface area contributed by atoms with Gasteiger partial charge in [-0.05, 0) is 24.4 Å². The second-order valence-electron chi connectivity index (χ2n) is 4.12. The Morgan fingerprint density at radius 1 is 1.17 bits per heavy atom. The van der Waals surface area contributed by atoms with Crippen LogP contribution in [-0.4, -0.2) is 23.1 Å². The molecule has 2 aliphatic heterocycles. The van der Waals surface area contributed by atoms with Gasteiger partial charge in [0.2, 0.25) is 5.28 Å². The van der Waals surface area contributed by atoms with Gasteiger partial charge in [-0.15, -0.1) is 0 Å². The number of fused-ring (bicyclic) bond motifs is 1. The minimum absolute atomic E-state index is 0.180. The molecule has 0 aliphatic carbocycles. The van der Waals surface area contributed by atoms with Crippen LogP contribution in [0.25, 0.3) is 0 Å². The predicted octanol–water partition coefficient (Wildman–Crippen LogP) is 3.15. The fourth-order valence-electron chi connectivity index (χ4n) is 2.16. The lowest BCUT2D eigenvalue weighted by Gasteiger charge is -2.27. The zero-order valence-corrected chi connectivity index (χ0v) is 11.6. The van der Waals surface area contributed by atoms with Crippen LogP contribution in [0.2, 0.25) is 5.28 Å². The van der Waals surface area contributed by atoms with Crippen LogP contribution >= 0.6 is 35.0 Å². The second-order valence-corrected chi connectivity index (χ2v) is 5.23. The highest BCUT2D eigenvalue weighted by Gasteiger charge is 2.27. The van der Waals surface area contributed by atoms with Crippen LogP contribution in [0.4, 0.5) is 17.3 Å². The first-order chi connectivity index (χ1) is 8.65. The van der Waals surface area contributed by atoms with Crippen molar-refractivity contribution in [1.29, 1.82) is 0 Å². The van der Waals surface area contributed by atoms with Crippen LogP contribution in [0.1, 0.15) is 12.8 Å². The van der Waals surface area contributed by atoms with Crippen molar-refractivity contribution in [3.05, 3.63) is 16.6 Å². The average Bonchev–Trinajstić information content (AvgIpc) is 2.79. The Morgan fingerprint density at radius 2 is 1.89 bits per heavy atom. The molecule has 0 radical (unpaired) electrons. The van der Waals surface area contributed by atoms with E-state index in [2.05, 4.69) is 20.2 Å². The van der Waals surface area contributed by atoms with Gasteiger partial charge in [0.1, 0.15) is 10.8 Å². The Morgan fingerprint density at radius 3 is 2.61 bits per heavy atom. The maximum atomic E-state index is 6.16. The first-order valence-corrected chi connectivity index (χ1v) is 6.66. The van der Waals surface area contributed by atoms with Crippen molar-refractivity contribution < 1.29 is 0 Å². The fourth-order valence-corrected chi connectivity index (χ4v) is 2.81. The van der Waals surface area contributed by atoms with E-state index in [1.165, 1.54) is 4.42 Å². The van der Waals surface area contributed by atoms with Crippen molar-refractivity contribution in [3.8, 4) is 0 Å². The third-order valence-corrected chi connectivity index (χ3v) is 3.55. The summed E-state index contributed by atoms with van der Waals surface area (Å²) in [6.45, 7) is 1.89. The first-order valence-electron chi connectivity index (χ1n) is 5.57. The number of halogens is 3. The normalized spacial score (nSPS) is 18.5. The van der Waals surface area contributed by atoms with Crippen molar-refractivity contribution in [2.75, 3.05) is 27.7 Å². The summed E-state index contributed by atoms with van der Waals surface area (Å²) in [7, 11) is 0. The maximum Gasteiger partial charge on any atom is 0.226 e. The van der Waals surface area contributed by atoms with Gasteiger partial charge < -0.3 is 10.2 Å². The molecule has 5 nitrogen and oxygen atoms in total. The van der Waals surface area contributed by atoms with E-state index in [0.717, 1.165) is 31.7 Å². The SMILES string of the molecule is ClC1=CN(Cl)c2c(nc(Cl)nc2N2CCCC2)N1.